The van der Waals surface area contributed by atoms with Crippen molar-refractivity contribution in [2.75, 3.05) is 0 Å². The van der Waals surface area contributed by atoms with Crippen molar-refractivity contribution in [3.8, 4) is 0 Å². The van der Waals surface area contributed by atoms with Crippen LogP contribution in [0.4, 0.5) is 0 Å². The zero-order chi connectivity index (χ0) is 11.0. The van der Waals surface area contributed by atoms with Crippen molar-refractivity contribution in [2.24, 2.45) is 11.7 Å². The van der Waals surface area contributed by atoms with Gasteiger partial charge in [-0.05, 0) is 13.3 Å². The Balaban J connectivity index is -0.000000163. The Morgan fingerprint density at radius 3 is 1.50 bits per heavy atom. The Bertz CT molecular complexity index is 168. The Morgan fingerprint density at radius 2 is 1.50 bits per heavy atom. The predicted octanol–water partition coefficient (Wildman–Crippen LogP) is 1.17. The van der Waals surface area contributed by atoms with E-state index in [0.717, 1.165) is 6.42 Å². The van der Waals surface area contributed by atoms with Crippen molar-refractivity contribution in [3.05, 3.63) is 0 Å². The van der Waals surface area contributed by atoms with Gasteiger partial charge in [0, 0.05) is 0 Å². The van der Waals surface area contributed by atoms with Crippen LogP contribution in [0.15, 0.2) is 0 Å². The van der Waals surface area contributed by atoms with Gasteiger partial charge in [0.15, 0.2) is 0 Å². The van der Waals surface area contributed by atoms with Crippen LogP contribution in [0, 0.1) is 5.92 Å². The maximum absolute atomic E-state index is 9.93. The number of hydrogen-bond donors (Lipinski definition) is 3. The van der Waals surface area contributed by atoms with Crippen molar-refractivity contribution in [1.82, 2.24) is 0 Å². The van der Waals surface area contributed by atoms with E-state index in [4.69, 9.17) is 15.9 Å². The maximum Gasteiger partial charge on any atom is 0.320 e. The van der Waals surface area contributed by atoms with Crippen molar-refractivity contribution in [3.63, 3.8) is 0 Å². The maximum atomic E-state index is 9.93. The fourth-order valence-electron chi connectivity index (χ4n) is 0.175. The second-order valence-electron chi connectivity index (χ2n) is 2.77. The van der Waals surface area contributed by atoms with E-state index in [2.05, 4.69) is 0 Å². The SMILES string of the molecule is C.CC(N)C(=O)O.CCC(C)C(=O)O. The second-order valence-corrected chi connectivity index (χ2v) is 2.77. The largest absolute Gasteiger partial charge is 0.481 e. The summed E-state index contributed by atoms with van der Waals surface area (Å²) in [5, 5.41) is 16.0. The van der Waals surface area contributed by atoms with Crippen LogP contribution >= 0.6 is 0 Å². The molecule has 2 unspecified atom stereocenters. The van der Waals surface area contributed by atoms with E-state index < -0.39 is 18.0 Å². The summed E-state index contributed by atoms with van der Waals surface area (Å²) in [6, 6.07) is -0.731. The van der Waals surface area contributed by atoms with Gasteiger partial charge in [-0.15, -0.1) is 0 Å². The molecule has 0 aliphatic rings. The molecule has 86 valence electrons. The minimum absolute atomic E-state index is 0. The molecule has 0 heterocycles. The number of carboxylic acid groups (broad SMARTS) is 2. The number of rotatable bonds is 3. The topological polar surface area (TPSA) is 101 Å². The lowest BCUT2D eigenvalue weighted by Gasteiger charge is -1.96. The molecule has 14 heavy (non-hydrogen) atoms. The van der Waals surface area contributed by atoms with Crippen LogP contribution in [0.25, 0.3) is 0 Å². The minimum Gasteiger partial charge on any atom is -0.481 e. The fourth-order valence-corrected chi connectivity index (χ4v) is 0.175. The first-order valence-corrected chi connectivity index (χ1v) is 4.04. The van der Waals surface area contributed by atoms with Crippen LogP contribution in [0.1, 0.15) is 34.6 Å². The van der Waals surface area contributed by atoms with Crippen molar-refractivity contribution in [1.29, 1.82) is 0 Å². The first kappa shape index (κ1) is 18.6. The van der Waals surface area contributed by atoms with Gasteiger partial charge in [0.2, 0.25) is 0 Å². The molecule has 0 rings (SSSR count). The quantitative estimate of drug-likeness (QED) is 0.645. The summed E-state index contributed by atoms with van der Waals surface area (Å²) in [7, 11) is 0. The van der Waals surface area contributed by atoms with Gasteiger partial charge in [-0.2, -0.15) is 0 Å². The van der Waals surface area contributed by atoms with Gasteiger partial charge in [0.05, 0.1) is 5.92 Å². The highest BCUT2D eigenvalue weighted by atomic mass is 16.4. The molecule has 0 saturated heterocycles. The summed E-state index contributed by atoms with van der Waals surface area (Å²) in [4.78, 5) is 19.5. The first-order chi connectivity index (χ1) is 5.82. The van der Waals surface area contributed by atoms with Gasteiger partial charge in [-0.3, -0.25) is 9.59 Å². The molecule has 0 radical (unpaired) electrons. The van der Waals surface area contributed by atoms with Crippen LogP contribution in [0.5, 0.6) is 0 Å². The number of carboxylic acids is 2. The molecule has 5 heteroatoms. The van der Waals surface area contributed by atoms with E-state index in [1.54, 1.807) is 6.92 Å². The zero-order valence-corrected chi connectivity index (χ0v) is 8.15. The molecular weight excluding hydrogens is 186 g/mol. The zero-order valence-electron chi connectivity index (χ0n) is 8.15. The monoisotopic (exact) mass is 207 g/mol. The molecule has 0 bridgehead atoms. The molecular formula is C9H21NO4. The van der Waals surface area contributed by atoms with E-state index >= 15 is 0 Å². The fraction of sp³-hybridized carbons (Fsp3) is 0.778. The molecule has 0 amide bonds. The molecule has 0 aromatic carbocycles. The molecule has 0 spiro atoms. The van der Waals surface area contributed by atoms with E-state index in [9.17, 15) is 9.59 Å². The van der Waals surface area contributed by atoms with Crippen molar-refractivity contribution >= 4 is 11.9 Å². The molecule has 0 aromatic rings. The molecule has 0 fully saturated rings. The summed E-state index contributed by atoms with van der Waals surface area (Å²) in [5.74, 6) is -1.85. The lowest BCUT2D eigenvalue weighted by molar-refractivity contribution is -0.141. The molecule has 5 nitrogen and oxygen atoms in total. The lowest BCUT2D eigenvalue weighted by atomic mass is 10.1. The Labute approximate surface area is 84.9 Å². The van der Waals surface area contributed by atoms with Crippen LogP contribution in [0.2, 0.25) is 0 Å². The molecule has 0 saturated carbocycles. The summed E-state index contributed by atoms with van der Waals surface area (Å²) in [5.41, 5.74) is 4.84. The van der Waals surface area contributed by atoms with Gasteiger partial charge >= 0.3 is 11.9 Å². The lowest BCUT2D eigenvalue weighted by Crippen LogP contribution is -2.25. The molecule has 0 aliphatic carbocycles. The number of carbonyl (C=O) groups is 2. The Morgan fingerprint density at radius 1 is 1.21 bits per heavy atom. The second kappa shape index (κ2) is 9.98. The summed E-state index contributed by atoms with van der Waals surface area (Å²) in [6.07, 6.45) is 0.718. The normalized spacial score (nSPS) is 12.6. The van der Waals surface area contributed by atoms with E-state index in [1.807, 2.05) is 6.92 Å². The highest BCUT2D eigenvalue weighted by molar-refractivity contribution is 5.72. The van der Waals surface area contributed by atoms with Gasteiger partial charge < -0.3 is 15.9 Å². The highest BCUT2D eigenvalue weighted by Crippen LogP contribution is 1.97. The van der Waals surface area contributed by atoms with Crippen LogP contribution < -0.4 is 5.73 Å². The molecule has 0 aromatic heterocycles. The van der Waals surface area contributed by atoms with Crippen LogP contribution in [-0.2, 0) is 9.59 Å². The summed E-state index contributed by atoms with van der Waals surface area (Å²) in [6.45, 7) is 4.98. The number of hydrogen-bond acceptors (Lipinski definition) is 3. The standard InChI is InChI=1S/C5H10O2.C3H7NO2.CH4/c1-3-4(2)5(6)7;1-2(4)3(5)6;/h4H,3H2,1-2H3,(H,6,7);2H,4H2,1H3,(H,5,6);1H4. The van der Waals surface area contributed by atoms with Crippen molar-refractivity contribution in [2.45, 2.75) is 40.7 Å². The molecule has 2 atom stereocenters. The minimum atomic E-state index is -0.963. The Kier molecular flexibility index (Phi) is 13.3. The van der Waals surface area contributed by atoms with Crippen LogP contribution in [-0.4, -0.2) is 28.2 Å². The first-order valence-electron chi connectivity index (χ1n) is 4.04. The number of aliphatic carboxylic acids is 2. The van der Waals surface area contributed by atoms with Gasteiger partial charge in [0.25, 0.3) is 0 Å². The summed E-state index contributed by atoms with van der Waals surface area (Å²) < 4.78 is 0. The smallest absolute Gasteiger partial charge is 0.320 e. The number of nitrogens with two attached hydrogens (primary N) is 1. The van der Waals surface area contributed by atoms with Crippen LogP contribution in [0.3, 0.4) is 0 Å². The highest BCUT2D eigenvalue weighted by Gasteiger charge is 2.05. The average Bonchev–Trinajstić information content (AvgIpc) is 2.03. The van der Waals surface area contributed by atoms with Gasteiger partial charge in [-0.1, -0.05) is 21.3 Å². The third-order valence-electron chi connectivity index (χ3n) is 1.42. The Hall–Kier alpha value is -1.10. The average molecular weight is 207 g/mol. The van der Waals surface area contributed by atoms with Gasteiger partial charge in [0.1, 0.15) is 6.04 Å². The van der Waals surface area contributed by atoms with Crippen molar-refractivity contribution < 1.29 is 19.8 Å². The van der Waals surface area contributed by atoms with E-state index in [-0.39, 0.29) is 13.3 Å². The molecule has 4 N–H and O–H groups in total. The van der Waals surface area contributed by atoms with E-state index in [1.165, 1.54) is 6.92 Å². The molecule has 0 aliphatic heterocycles. The predicted molar refractivity (Wildman–Crippen MR) is 55.1 cm³/mol. The third-order valence-corrected chi connectivity index (χ3v) is 1.42. The van der Waals surface area contributed by atoms with Gasteiger partial charge in [-0.25, -0.2) is 0 Å². The van der Waals surface area contributed by atoms with E-state index in [0.29, 0.717) is 0 Å². The third kappa shape index (κ3) is 13.5. The summed E-state index contributed by atoms with van der Waals surface area (Å²) >= 11 is 0.